The number of hydrogen-bond donors (Lipinski definition) is 1. The van der Waals surface area contributed by atoms with Crippen LogP contribution in [0.3, 0.4) is 0 Å². The molecule has 0 saturated carbocycles. The minimum Gasteiger partial charge on any atom is -0.481 e. The van der Waals surface area contributed by atoms with Gasteiger partial charge in [0.1, 0.15) is 0 Å². The van der Waals surface area contributed by atoms with E-state index in [9.17, 15) is 4.79 Å². The smallest absolute Gasteiger partial charge is 0.303 e. The Bertz CT molecular complexity index is 465. The van der Waals surface area contributed by atoms with Crippen LogP contribution < -0.4 is 0 Å². The number of piperidine rings is 1. The van der Waals surface area contributed by atoms with Crippen LogP contribution in [0.2, 0.25) is 5.02 Å². The number of halogens is 1. The van der Waals surface area contributed by atoms with E-state index in [1.54, 1.807) is 0 Å². The van der Waals surface area contributed by atoms with Crippen molar-refractivity contribution in [3.05, 3.63) is 16.4 Å². The predicted octanol–water partition coefficient (Wildman–Crippen LogP) is 2.07. The van der Waals surface area contributed by atoms with Gasteiger partial charge in [0.25, 0.3) is 0 Å². The van der Waals surface area contributed by atoms with Gasteiger partial charge in [-0.1, -0.05) is 11.6 Å². The van der Waals surface area contributed by atoms with Crippen molar-refractivity contribution in [1.29, 1.82) is 0 Å². The minimum atomic E-state index is -0.691. The summed E-state index contributed by atoms with van der Waals surface area (Å²) in [5, 5.41) is 13.9. The van der Waals surface area contributed by atoms with E-state index in [4.69, 9.17) is 16.7 Å². The van der Waals surface area contributed by atoms with Gasteiger partial charge in [-0.05, 0) is 38.8 Å². The number of nitrogens with zero attached hydrogens (tertiary/aromatic N) is 3. The first-order chi connectivity index (χ1) is 8.97. The van der Waals surface area contributed by atoms with Crippen molar-refractivity contribution in [3.8, 4) is 0 Å². The van der Waals surface area contributed by atoms with Crippen LogP contribution >= 0.6 is 11.6 Å². The van der Waals surface area contributed by atoms with Gasteiger partial charge in [-0.25, -0.2) is 0 Å². The molecule has 1 N–H and O–H groups in total. The van der Waals surface area contributed by atoms with Gasteiger partial charge in [-0.15, -0.1) is 0 Å². The van der Waals surface area contributed by atoms with Crippen LogP contribution in [0.4, 0.5) is 0 Å². The third-order valence-corrected chi connectivity index (χ3v) is 4.30. The van der Waals surface area contributed by atoms with E-state index in [2.05, 4.69) is 10.00 Å². The quantitative estimate of drug-likeness (QED) is 0.920. The second-order valence-corrected chi connectivity index (χ2v) is 5.67. The summed E-state index contributed by atoms with van der Waals surface area (Å²) in [6.07, 6.45) is 2.18. The molecule has 0 aliphatic carbocycles. The topological polar surface area (TPSA) is 58.4 Å². The predicted molar refractivity (Wildman–Crippen MR) is 73.2 cm³/mol. The fourth-order valence-electron chi connectivity index (χ4n) is 2.66. The Labute approximate surface area is 118 Å². The van der Waals surface area contributed by atoms with Crippen LogP contribution in [-0.4, -0.2) is 38.8 Å². The van der Waals surface area contributed by atoms with E-state index in [-0.39, 0.29) is 0 Å². The van der Waals surface area contributed by atoms with Crippen molar-refractivity contribution in [2.45, 2.75) is 32.7 Å². The fourth-order valence-corrected chi connectivity index (χ4v) is 2.88. The molecule has 0 unspecified atom stereocenters. The molecule has 1 fully saturated rings. The highest BCUT2D eigenvalue weighted by atomic mass is 35.5. The number of aliphatic carboxylic acids is 1. The second kappa shape index (κ2) is 5.92. The van der Waals surface area contributed by atoms with Crippen LogP contribution in [-0.2, 0) is 18.4 Å². The Morgan fingerprint density at radius 2 is 2.11 bits per heavy atom. The SMILES string of the molecule is Cc1nn(C)c(CN2CCC(CC(=O)O)CC2)c1Cl. The van der Waals surface area contributed by atoms with Gasteiger partial charge >= 0.3 is 5.97 Å². The maximum absolute atomic E-state index is 10.7. The summed E-state index contributed by atoms with van der Waals surface area (Å²) in [5.74, 6) is -0.374. The minimum absolute atomic E-state index is 0.291. The normalized spacial score (nSPS) is 17.8. The highest BCUT2D eigenvalue weighted by Crippen LogP contribution is 2.25. The Balaban J connectivity index is 1.90. The summed E-state index contributed by atoms with van der Waals surface area (Å²) in [5.41, 5.74) is 1.90. The molecule has 0 atom stereocenters. The highest BCUT2D eigenvalue weighted by molar-refractivity contribution is 6.31. The first-order valence-electron chi connectivity index (χ1n) is 6.59. The van der Waals surface area contributed by atoms with Crippen LogP contribution in [0, 0.1) is 12.8 Å². The first-order valence-corrected chi connectivity index (χ1v) is 6.97. The Kier molecular flexibility index (Phi) is 4.47. The molecule has 106 valence electrons. The molecular formula is C13H20ClN3O2. The van der Waals surface area contributed by atoms with E-state index in [1.807, 2.05) is 18.7 Å². The third-order valence-electron chi connectivity index (χ3n) is 3.81. The Hall–Kier alpha value is -1.07. The van der Waals surface area contributed by atoms with Crippen molar-refractivity contribution in [2.24, 2.45) is 13.0 Å². The maximum atomic E-state index is 10.7. The molecule has 5 nitrogen and oxygen atoms in total. The lowest BCUT2D eigenvalue weighted by Gasteiger charge is -2.31. The van der Waals surface area contributed by atoms with Gasteiger partial charge in [-0.2, -0.15) is 5.10 Å². The molecule has 1 aromatic heterocycles. The Morgan fingerprint density at radius 1 is 1.47 bits per heavy atom. The lowest BCUT2D eigenvalue weighted by Crippen LogP contribution is -2.34. The average molecular weight is 286 g/mol. The van der Waals surface area contributed by atoms with Crippen LogP contribution in [0.15, 0.2) is 0 Å². The highest BCUT2D eigenvalue weighted by Gasteiger charge is 2.23. The summed E-state index contributed by atoms with van der Waals surface area (Å²) >= 11 is 6.24. The second-order valence-electron chi connectivity index (χ2n) is 5.29. The monoisotopic (exact) mass is 285 g/mol. The molecule has 1 aliphatic rings. The summed E-state index contributed by atoms with van der Waals surface area (Å²) < 4.78 is 1.83. The maximum Gasteiger partial charge on any atom is 0.303 e. The molecule has 0 bridgehead atoms. The molecular weight excluding hydrogens is 266 g/mol. The Morgan fingerprint density at radius 3 is 2.58 bits per heavy atom. The molecule has 19 heavy (non-hydrogen) atoms. The average Bonchev–Trinajstić information content (AvgIpc) is 2.58. The molecule has 1 saturated heterocycles. The lowest BCUT2D eigenvalue weighted by atomic mass is 9.93. The number of aryl methyl sites for hydroxylation is 2. The van der Waals surface area contributed by atoms with Gasteiger partial charge < -0.3 is 5.11 Å². The van der Waals surface area contributed by atoms with Crippen LogP contribution in [0.25, 0.3) is 0 Å². The molecule has 1 aliphatic heterocycles. The molecule has 1 aromatic rings. The van der Waals surface area contributed by atoms with Gasteiger partial charge in [0.2, 0.25) is 0 Å². The fraction of sp³-hybridized carbons (Fsp3) is 0.692. The molecule has 0 amide bonds. The van der Waals surface area contributed by atoms with Gasteiger partial charge in [0.15, 0.2) is 0 Å². The molecule has 0 aromatic carbocycles. The van der Waals surface area contributed by atoms with E-state index < -0.39 is 5.97 Å². The largest absolute Gasteiger partial charge is 0.481 e. The molecule has 0 radical (unpaired) electrons. The van der Waals surface area contributed by atoms with Crippen molar-refractivity contribution in [3.63, 3.8) is 0 Å². The van der Waals surface area contributed by atoms with Crippen LogP contribution in [0.1, 0.15) is 30.7 Å². The van der Waals surface area contributed by atoms with E-state index in [1.165, 1.54) is 0 Å². The number of carboxylic acids is 1. The zero-order valence-electron chi connectivity index (χ0n) is 11.4. The summed E-state index contributed by atoms with van der Waals surface area (Å²) in [6, 6.07) is 0. The molecule has 2 rings (SSSR count). The number of carboxylic acid groups (broad SMARTS) is 1. The zero-order valence-corrected chi connectivity index (χ0v) is 12.2. The number of aromatic nitrogens is 2. The van der Waals surface area contributed by atoms with Crippen molar-refractivity contribution < 1.29 is 9.90 Å². The molecule has 6 heteroatoms. The third kappa shape index (κ3) is 3.48. The van der Waals surface area contributed by atoms with Crippen molar-refractivity contribution in [2.75, 3.05) is 13.1 Å². The van der Waals surface area contributed by atoms with Gasteiger partial charge in [0.05, 0.1) is 16.4 Å². The van der Waals surface area contributed by atoms with Gasteiger partial charge in [-0.3, -0.25) is 14.4 Å². The van der Waals surface area contributed by atoms with E-state index >= 15 is 0 Å². The van der Waals surface area contributed by atoms with E-state index in [0.717, 1.165) is 48.9 Å². The van der Waals surface area contributed by atoms with E-state index in [0.29, 0.717) is 12.3 Å². The first kappa shape index (κ1) is 14.3. The summed E-state index contributed by atoms with van der Waals surface area (Å²) in [6.45, 7) is 4.55. The number of likely N-dealkylation sites (tertiary alicyclic amines) is 1. The van der Waals surface area contributed by atoms with Crippen molar-refractivity contribution >= 4 is 17.6 Å². The van der Waals surface area contributed by atoms with Gasteiger partial charge in [0, 0.05) is 20.0 Å². The molecule has 0 spiro atoms. The van der Waals surface area contributed by atoms with Crippen LogP contribution in [0.5, 0.6) is 0 Å². The standard InChI is InChI=1S/C13H20ClN3O2/c1-9-13(14)11(16(2)15-9)8-17-5-3-10(4-6-17)7-12(18)19/h10H,3-8H2,1-2H3,(H,18,19). The molecule has 2 heterocycles. The lowest BCUT2D eigenvalue weighted by molar-refractivity contribution is -0.138. The summed E-state index contributed by atoms with van der Waals surface area (Å²) in [4.78, 5) is 13.0. The summed E-state index contributed by atoms with van der Waals surface area (Å²) in [7, 11) is 1.91. The number of rotatable bonds is 4. The zero-order chi connectivity index (χ0) is 14.0. The number of carbonyl (C=O) groups is 1. The van der Waals surface area contributed by atoms with Crippen molar-refractivity contribution in [1.82, 2.24) is 14.7 Å². The number of hydrogen-bond acceptors (Lipinski definition) is 3.